The first-order chi connectivity index (χ1) is 17.2. The fourth-order valence-corrected chi connectivity index (χ4v) is 5.16. The number of carbonyl (C=O) groups is 2. The van der Waals surface area contributed by atoms with E-state index in [1.54, 1.807) is 6.07 Å². The minimum atomic E-state index is -3.96. The highest BCUT2D eigenvalue weighted by atomic mass is 32.2. The monoisotopic (exact) mass is 507 g/mol. The Morgan fingerprint density at radius 1 is 1.08 bits per heavy atom. The van der Waals surface area contributed by atoms with Crippen LogP contribution in [0.15, 0.2) is 53.4 Å². The highest BCUT2D eigenvalue weighted by Gasteiger charge is 2.21. The molecule has 2 N–H and O–H groups in total. The van der Waals surface area contributed by atoms with Gasteiger partial charge in [0, 0.05) is 55.8 Å². The molecule has 10 nitrogen and oxygen atoms in total. The number of hydrogen-bond donors (Lipinski definition) is 2. The van der Waals surface area contributed by atoms with E-state index in [0.29, 0.717) is 48.3 Å². The molecular weight excluding hydrogens is 482 g/mol. The molecule has 0 saturated carbocycles. The predicted molar refractivity (Wildman–Crippen MR) is 135 cm³/mol. The number of nitrogens with one attached hydrogen (secondary N) is 1. The van der Waals surface area contributed by atoms with Crippen LogP contribution in [0.4, 0.5) is 11.5 Å². The minimum Gasteiger partial charge on any atom is -0.478 e. The van der Waals surface area contributed by atoms with E-state index in [2.05, 4.69) is 20.7 Å². The summed E-state index contributed by atoms with van der Waals surface area (Å²) in [6.45, 7) is 4.91. The predicted octanol–water partition coefficient (Wildman–Crippen LogP) is 2.97. The zero-order chi connectivity index (χ0) is 25.9. The van der Waals surface area contributed by atoms with Gasteiger partial charge in [-0.25, -0.2) is 18.2 Å². The lowest BCUT2D eigenvalue weighted by atomic mass is 10.1. The maximum Gasteiger partial charge on any atom is 0.336 e. The van der Waals surface area contributed by atoms with E-state index < -0.39 is 16.0 Å². The average Bonchev–Trinajstić information content (AvgIpc) is 2.87. The number of ketones is 1. The number of Topliss-reactive ketones (excluding diaryl/α,β-unsaturated/α-hetero) is 1. The van der Waals surface area contributed by atoms with Crippen molar-refractivity contribution in [3.63, 3.8) is 0 Å². The van der Waals surface area contributed by atoms with Crippen molar-refractivity contribution < 1.29 is 23.1 Å². The highest BCUT2D eigenvalue weighted by molar-refractivity contribution is 7.92. The van der Waals surface area contributed by atoms with E-state index in [-0.39, 0.29) is 21.9 Å². The number of carboxylic acids is 1. The summed E-state index contributed by atoms with van der Waals surface area (Å²) in [7, 11) is -3.96. The number of piperazine rings is 1. The maximum atomic E-state index is 12.8. The van der Waals surface area contributed by atoms with Crippen LogP contribution in [0, 0.1) is 11.3 Å². The molecule has 11 heteroatoms. The molecule has 0 spiro atoms. The molecule has 0 bridgehead atoms. The molecule has 1 aliphatic rings. The van der Waals surface area contributed by atoms with E-state index >= 15 is 0 Å². The molecule has 1 saturated heterocycles. The Kier molecular flexibility index (Phi) is 7.19. The minimum absolute atomic E-state index is 0.0200. The van der Waals surface area contributed by atoms with Crippen molar-refractivity contribution in [2.75, 3.05) is 42.3 Å². The standard InChI is InChI=1S/C25H25N5O5S/c1-17(31)18-3-6-20(7-4-18)36(34,35)28-19-5-8-23-21(15-19)22(25(32)33)16-24(27-23)30-13-11-29(12-14-30)10-2-9-26/h3-8,15-16,28H,2,10-14H2,1H3,(H,32,33). The smallest absolute Gasteiger partial charge is 0.336 e. The summed E-state index contributed by atoms with van der Waals surface area (Å²) in [6.07, 6.45) is 0.465. The zero-order valence-electron chi connectivity index (χ0n) is 19.6. The molecule has 0 aliphatic carbocycles. The average molecular weight is 508 g/mol. The quantitative estimate of drug-likeness (QED) is 0.440. The Hall–Kier alpha value is -4.01. The van der Waals surface area contributed by atoms with E-state index in [4.69, 9.17) is 5.26 Å². The van der Waals surface area contributed by atoms with Crippen LogP contribution in [0.3, 0.4) is 0 Å². The second-order valence-corrected chi connectivity index (χ2v) is 10.2. The van der Waals surface area contributed by atoms with Crippen molar-refractivity contribution >= 4 is 44.2 Å². The fraction of sp³-hybridized carbons (Fsp3) is 0.280. The first-order valence-corrected chi connectivity index (χ1v) is 12.8. The van der Waals surface area contributed by atoms with E-state index in [9.17, 15) is 23.1 Å². The molecule has 0 atom stereocenters. The van der Waals surface area contributed by atoms with E-state index in [0.717, 1.165) is 13.1 Å². The summed E-state index contributed by atoms with van der Waals surface area (Å²) in [5.74, 6) is -0.773. The largest absolute Gasteiger partial charge is 0.478 e. The van der Waals surface area contributed by atoms with Crippen molar-refractivity contribution in [3.8, 4) is 6.07 Å². The number of sulfonamides is 1. The third-order valence-corrected chi connectivity index (χ3v) is 7.48. The van der Waals surface area contributed by atoms with E-state index in [1.807, 2.05) is 4.90 Å². The lowest BCUT2D eigenvalue weighted by Crippen LogP contribution is -2.46. The molecule has 3 aromatic rings. The molecule has 36 heavy (non-hydrogen) atoms. The second-order valence-electron chi connectivity index (χ2n) is 8.49. The number of aromatic nitrogens is 1. The zero-order valence-corrected chi connectivity index (χ0v) is 20.5. The Labute approximate surface area is 208 Å². The number of aromatic carboxylic acids is 1. The summed E-state index contributed by atoms with van der Waals surface area (Å²) < 4.78 is 28.1. The molecule has 186 valence electrons. The topological polar surface area (TPSA) is 144 Å². The molecule has 1 fully saturated rings. The van der Waals surface area contributed by atoms with Crippen molar-refractivity contribution in [3.05, 3.63) is 59.7 Å². The van der Waals surface area contributed by atoms with Gasteiger partial charge in [-0.05, 0) is 43.3 Å². The number of carbonyl (C=O) groups excluding carboxylic acids is 1. The second kappa shape index (κ2) is 10.3. The number of benzene rings is 2. The number of rotatable bonds is 8. The van der Waals surface area contributed by atoms with Gasteiger partial charge in [-0.2, -0.15) is 5.26 Å². The number of fused-ring (bicyclic) bond motifs is 1. The van der Waals surface area contributed by atoms with Crippen LogP contribution < -0.4 is 9.62 Å². The summed E-state index contributed by atoms with van der Waals surface area (Å²) in [4.78, 5) is 32.3. The van der Waals surface area contributed by atoms with Crippen molar-refractivity contribution in [1.29, 1.82) is 5.26 Å². The number of nitrogens with zero attached hydrogens (tertiary/aromatic N) is 4. The first-order valence-electron chi connectivity index (χ1n) is 11.3. The van der Waals surface area contributed by atoms with Gasteiger partial charge in [-0.1, -0.05) is 12.1 Å². The number of carboxylic acid groups (broad SMARTS) is 1. The summed E-state index contributed by atoms with van der Waals surface area (Å²) in [5.41, 5.74) is 1.05. The third-order valence-electron chi connectivity index (χ3n) is 6.09. The number of anilines is 2. The van der Waals surface area contributed by atoms with Crippen LogP contribution in [0.2, 0.25) is 0 Å². The lowest BCUT2D eigenvalue weighted by molar-refractivity contribution is 0.0698. The normalized spacial score (nSPS) is 14.4. The Bertz CT molecular complexity index is 1460. The van der Waals surface area contributed by atoms with Gasteiger partial charge in [0.05, 0.1) is 22.0 Å². The highest BCUT2D eigenvalue weighted by Crippen LogP contribution is 2.28. The molecule has 0 amide bonds. The van der Waals surface area contributed by atoms with Crippen LogP contribution in [0.5, 0.6) is 0 Å². The first kappa shape index (κ1) is 25.1. The number of hydrogen-bond acceptors (Lipinski definition) is 8. The number of pyridine rings is 1. The molecule has 1 aliphatic heterocycles. The van der Waals surface area contributed by atoms with Crippen LogP contribution in [-0.2, 0) is 10.0 Å². The Morgan fingerprint density at radius 2 is 1.78 bits per heavy atom. The van der Waals surface area contributed by atoms with Crippen molar-refractivity contribution in [1.82, 2.24) is 9.88 Å². The van der Waals surface area contributed by atoms with Gasteiger partial charge in [0.1, 0.15) is 5.82 Å². The number of nitriles is 1. The van der Waals surface area contributed by atoms with Crippen LogP contribution in [0.25, 0.3) is 10.9 Å². The molecule has 2 heterocycles. The fourth-order valence-electron chi connectivity index (χ4n) is 4.11. The van der Waals surface area contributed by atoms with Gasteiger partial charge in [0.15, 0.2) is 5.78 Å². The van der Waals surface area contributed by atoms with E-state index in [1.165, 1.54) is 49.4 Å². The molecule has 2 aromatic carbocycles. The van der Waals surface area contributed by atoms with Gasteiger partial charge in [0.2, 0.25) is 0 Å². The molecule has 1 aromatic heterocycles. The van der Waals surface area contributed by atoms with Gasteiger partial charge in [0.25, 0.3) is 10.0 Å². The van der Waals surface area contributed by atoms with Crippen LogP contribution in [0.1, 0.15) is 34.1 Å². The van der Waals surface area contributed by atoms with Crippen LogP contribution >= 0.6 is 0 Å². The van der Waals surface area contributed by atoms with Gasteiger partial charge in [-0.3, -0.25) is 14.4 Å². The van der Waals surface area contributed by atoms with Crippen molar-refractivity contribution in [2.45, 2.75) is 18.2 Å². The van der Waals surface area contributed by atoms with Crippen molar-refractivity contribution in [2.24, 2.45) is 0 Å². The van der Waals surface area contributed by atoms with Gasteiger partial charge in [-0.15, -0.1) is 0 Å². The Balaban J connectivity index is 1.59. The lowest BCUT2D eigenvalue weighted by Gasteiger charge is -2.35. The molecule has 4 rings (SSSR count). The summed E-state index contributed by atoms with van der Waals surface area (Å²) in [5, 5.41) is 19.0. The molecule has 0 unspecified atom stereocenters. The Morgan fingerprint density at radius 3 is 2.39 bits per heavy atom. The molecule has 0 radical (unpaired) electrons. The third kappa shape index (κ3) is 5.45. The van der Waals surface area contributed by atoms with Gasteiger partial charge >= 0.3 is 5.97 Å². The SMILES string of the molecule is CC(=O)c1ccc(S(=O)(=O)Nc2ccc3nc(N4CCN(CCC#N)CC4)cc(C(=O)O)c3c2)cc1. The maximum absolute atomic E-state index is 12.8. The van der Waals surface area contributed by atoms with Gasteiger partial charge < -0.3 is 10.0 Å². The van der Waals surface area contributed by atoms with Crippen LogP contribution in [-0.4, -0.2) is 67.9 Å². The molecular formula is C25H25N5O5S. The summed E-state index contributed by atoms with van der Waals surface area (Å²) in [6, 6.07) is 13.8. The summed E-state index contributed by atoms with van der Waals surface area (Å²) >= 11 is 0.